The number of nitrogens with zero attached hydrogens (tertiary/aromatic N) is 3. The SMILES string of the molecule is Cc1csc([C@@H](C#N)C(=O)COC(=O)[C@@H]2CC(=O)N([C@@H](C)c3ccccc3)C2)n1. The second kappa shape index (κ2) is 8.97. The van der Waals surface area contributed by atoms with Gasteiger partial charge in [0.1, 0.15) is 5.01 Å². The first-order valence-electron chi connectivity index (χ1n) is 9.26. The van der Waals surface area contributed by atoms with E-state index in [9.17, 15) is 19.6 Å². The molecule has 0 unspecified atom stereocenters. The van der Waals surface area contributed by atoms with E-state index in [-0.39, 0.29) is 24.9 Å². The first-order chi connectivity index (χ1) is 13.9. The number of benzene rings is 1. The largest absolute Gasteiger partial charge is 0.457 e. The van der Waals surface area contributed by atoms with Gasteiger partial charge in [-0.05, 0) is 19.4 Å². The Morgan fingerprint density at radius 1 is 1.38 bits per heavy atom. The molecule has 1 aromatic carbocycles. The van der Waals surface area contributed by atoms with Gasteiger partial charge < -0.3 is 9.64 Å². The molecule has 1 fully saturated rings. The van der Waals surface area contributed by atoms with Gasteiger partial charge in [0.15, 0.2) is 18.3 Å². The number of esters is 1. The van der Waals surface area contributed by atoms with Gasteiger partial charge in [0.2, 0.25) is 5.91 Å². The van der Waals surface area contributed by atoms with Crippen LogP contribution in [0.25, 0.3) is 0 Å². The molecule has 0 N–H and O–H groups in total. The van der Waals surface area contributed by atoms with Gasteiger partial charge in [-0.15, -0.1) is 11.3 Å². The second-order valence-corrected chi connectivity index (χ2v) is 7.89. The standard InChI is InChI=1S/C21H21N3O4S/c1-13-12-29-20(23-13)17(9-22)18(25)11-28-21(27)16-8-19(26)24(10-16)14(2)15-6-4-3-5-7-15/h3-7,12,14,16-17H,8,10-11H2,1-2H3/t14-,16+,17-/m0/s1. The Morgan fingerprint density at radius 2 is 2.10 bits per heavy atom. The number of hydrogen-bond acceptors (Lipinski definition) is 7. The molecule has 2 heterocycles. The Hall–Kier alpha value is -3.05. The number of nitriles is 1. The minimum atomic E-state index is -1.05. The van der Waals surface area contributed by atoms with Crippen LogP contribution in [-0.2, 0) is 19.1 Å². The fraction of sp³-hybridized carbons (Fsp3) is 0.381. The zero-order valence-corrected chi connectivity index (χ0v) is 17.0. The fourth-order valence-corrected chi connectivity index (χ4v) is 4.15. The summed E-state index contributed by atoms with van der Waals surface area (Å²) in [7, 11) is 0. The molecule has 150 valence electrons. The average Bonchev–Trinajstić information content (AvgIpc) is 3.32. The Bertz CT molecular complexity index is 950. The van der Waals surface area contributed by atoms with Crippen molar-refractivity contribution in [1.29, 1.82) is 5.26 Å². The maximum atomic E-state index is 12.4. The molecule has 0 radical (unpaired) electrons. The van der Waals surface area contributed by atoms with Gasteiger partial charge in [0, 0.05) is 24.0 Å². The lowest BCUT2D eigenvalue weighted by Crippen LogP contribution is -2.30. The normalized spacial score (nSPS) is 18.2. The molecular formula is C21H21N3O4S. The highest BCUT2D eigenvalue weighted by Gasteiger charge is 2.38. The Balaban J connectivity index is 1.57. The van der Waals surface area contributed by atoms with Crippen molar-refractivity contribution in [2.75, 3.05) is 13.2 Å². The van der Waals surface area contributed by atoms with E-state index < -0.39 is 30.2 Å². The van der Waals surface area contributed by atoms with Crippen molar-refractivity contribution in [3.8, 4) is 6.07 Å². The second-order valence-electron chi connectivity index (χ2n) is 7.00. The maximum absolute atomic E-state index is 12.4. The highest BCUT2D eigenvalue weighted by atomic mass is 32.1. The molecule has 3 atom stereocenters. The van der Waals surface area contributed by atoms with Crippen LogP contribution in [0.3, 0.4) is 0 Å². The molecule has 1 amide bonds. The number of carbonyl (C=O) groups is 3. The van der Waals surface area contributed by atoms with Crippen molar-refractivity contribution in [2.24, 2.45) is 5.92 Å². The lowest BCUT2D eigenvalue weighted by Gasteiger charge is -2.25. The monoisotopic (exact) mass is 411 g/mol. The van der Waals surface area contributed by atoms with Gasteiger partial charge in [0.05, 0.1) is 18.0 Å². The van der Waals surface area contributed by atoms with Gasteiger partial charge >= 0.3 is 5.97 Å². The van der Waals surface area contributed by atoms with E-state index in [0.717, 1.165) is 11.3 Å². The number of rotatable bonds is 7. The van der Waals surface area contributed by atoms with E-state index in [1.54, 1.807) is 17.2 Å². The predicted molar refractivity (Wildman–Crippen MR) is 106 cm³/mol. The lowest BCUT2D eigenvalue weighted by atomic mass is 10.1. The number of ether oxygens (including phenoxy) is 1. The van der Waals surface area contributed by atoms with Crippen LogP contribution in [0.4, 0.5) is 0 Å². The molecule has 1 aromatic heterocycles. The first-order valence-corrected chi connectivity index (χ1v) is 10.1. The van der Waals surface area contributed by atoms with E-state index >= 15 is 0 Å². The summed E-state index contributed by atoms with van der Waals surface area (Å²) in [4.78, 5) is 42.9. The number of likely N-dealkylation sites (tertiary alicyclic amines) is 1. The quantitative estimate of drug-likeness (QED) is 0.650. The van der Waals surface area contributed by atoms with Gasteiger partial charge in [-0.1, -0.05) is 30.3 Å². The van der Waals surface area contributed by atoms with E-state index in [2.05, 4.69) is 4.98 Å². The van der Waals surface area contributed by atoms with Crippen molar-refractivity contribution < 1.29 is 19.1 Å². The number of hydrogen-bond donors (Lipinski definition) is 0. The molecule has 1 saturated heterocycles. The summed E-state index contributed by atoms with van der Waals surface area (Å²) in [5.74, 6) is -2.91. The Labute approximate surface area is 172 Å². The minimum Gasteiger partial charge on any atom is -0.457 e. The third kappa shape index (κ3) is 4.69. The van der Waals surface area contributed by atoms with Crippen molar-refractivity contribution in [3.05, 3.63) is 52.0 Å². The number of ketones is 1. The van der Waals surface area contributed by atoms with Gasteiger partial charge in [-0.2, -0.15) is 5.26 Å². The number of carbonyl (C=O) groups excluding carboxylic acids is 3. The molecule has 0 aliphatic carbocycles. The zero-order chi connectivity index (χ0) is 21.0. The molecule has 0 saturated carbocycles. The molecule has 1 aliphatic heterocycles. The third-order valence-electron chi connectivity index (χ3n) is 4.93. The highest BCUT2D eigenvalue weighted by Crippen LogP contribution is 2.29. The van der Waals surface area contributed by atoms with Crippen LogP contribution in [0, 0.1) is 24.2 Å². The fourth-order valence-electron chi connectivity index (χ4n) is 3.29. The molecule has 8 heteroatoms. The van der Waals surface area contributed by atoms with Crippen molar-refractivity contribution in [2.45, 2.75) is 32.2 Å². The van der Waals surface area contributed by atoms with Crippen LogP contribution in [0.1, 0.15) is 41.6 Å². The number of Topliss-reactive ketones (excluding diaryl/α,β-unsaturated/α-hetero) is 1. The van der Waals surface area contributed by atoms with Crippen molar-refractivity contribution >= 4 is 29.0 Å². The molecule has 7 nitrogen and oxygen atoms in total. The van der Waals surface area contributed by atoms with Crippen LogP contribution in [0.2, 0.25) is 0 Å². The van der Waals surface area contributed by atoms with Crippen LogP contribution >= 0.6 is 11.3 Å². The molecule has 1 aliphatic rings. The van der Waals surface area contributed by atoms with Crippen molar-refractivity contribution in [1.82, 2.24) is 9.88 Å². The van der Waals surface area contributed by atoms with Crippen LogP contribution < -0.4 is 0 Å². The predicted octanol–water partition coefficient (Wildman–Crippen LogP) is 2.78. The molecular weight excluding hydrogens is 390 g/mol. The van der Waals surface area contributed by atoms with Gasteiger partial charge in [-0.3, -0.25) is 14.4 Å². The zero-order valence-electron chi connectivity index (χ0n) is 16.2. The topological polar surface area (TPSA) is 100 Å². The summed E-state index contributed by atoms with van der Waals surface area (Å²) in [5.41, 5.74) is 1.72. The smallest absolute Gasteiger partial charge is 0.311 e. The Kier molecular flexibility index (Phi) is 6.39. The number of aromatic nitrogens is 1. The summed E-state index contributed by atoms with van der Waals surface area (Å²) < 4.78 is 5.14. The van der Waals surface area contributed by atoms with Crippen LogP contribution in [-0.4, -0.2) is 40.7 Å². The number of thiazole rings is 1. The maximum Gasteiger partial charge on any atom is 0.311 e. The van der Waals surface area contributed by atoms with E-state index in [0.29, 0.717) is 5.01 Å². The summed E-state index contributed by atoms with van der Waals surface area (Å²) in [6, 6.07) is 11.3. The molecule has 3 rings (SSSR count). The van der Waals surface area contributed by atoms with E-state index in [4.69, 9.17) is 4.74 Å². The minimum absolute atomic E-state index is 0.0531. The average molecular weight is 411 g/mol. The van der Waals surface area contributed by atoms with Gasteiger partial charge in [-0.25, -0.2) is 4.98 Å². The molecule has 2 aromatic rings. The molecule has 29 heavy (non-hydrogen) atoms. The lowest BCUT2D eigenvalue weighted by molar-refractivity contribution is -0.152. The number of aryl methyl sites for hydroxylation is 1. The molecule has 0 bridgehead atoms. The van der Waals surface area contributed by atoms with E-state index in [1.165, 1.54) is 11.3 Å². The number of amides is 1. The van der Waals surface area contributed by atoms with E-state index in [1.807, 2.05) is 43.3 Å². The highest BCUT2D eigenvalue weighted by molar-refractivity contribution is 7.09. The van der Waals surface area contributed by atoms with Crippen LogP contribution in [0.15, 0.2) is 35.7 Å². The summed E-state index contributed by atoms with van der Waals surface area (Å²) in [6.07, 6.45) is 0.0531. The van der Waals surface area contributed by atoms with Gasteiger partial charge in [0.25, 0.3) is 0 Å². The Morgan fingerprint density at radius 3 is 2.72 bits per heavy atom. The third-order valence-corrected chi connectivity index (χ3v) is 5.96. The summed E-state index contributed by atoms with van der Waals surface area (Å²) in [5, 5.41) is 11.4. The van der Waals surface area contributed by atoms with Crippen LogP contribution in [0.5, 0.6) is 0 Å². The summed E-state index contributed by atoms with van der Waals surface area (Å²) >= 11 is 1.23. The first kappa shape index (κ1) is 20.7. The molecule has 0 spiro atoms. The summed E-state index contributed by atoms with van der Waals surface area (Å²) in [6.45, 7) is 3.43. The van der Waals surface area contributed by atoms with Crippen molar-refractivity contribution in [3.63, 3.8) is 0 Å².